The Morgan fingerprint density at radius 3 is 2.53 bits per heavy atom. The number of rotatable bonds is 7. The number of anilines is 2. The summed E-state index contributed by atoms with van der Waals surface area (Å²) in [5.74, 6) is -0.402. The molecule has 5 aromatic rings. The first-order chi connectivity index (χ1) is 18.4. The summed E-state index contributed by atoms with van der Waals surface area (Å²) in [6, 6.07) is 26.7. The molecule has 0 radical (unpaired) electrons. The van der Waals surface area contributed by atoms with Gasteiger partial charge in [-0.3, -0.25) is 4.68 Å². The van der Waals surface area contributed by atoms with Crippen molar-refractivity contribution in [1.82, 2.24) is 9.78 Å². The molecule has 0 amide bonds. The summed E-state index contributed by atoms with van der Waals surface area (Å²) in [6.45, 7) is 4.63. The van der Waals surface area contributed by atoms with E-state index in [0.29, 0.717) is 22.2 Å². The second kappa shape index (κ2) is 11.2. The SMILES string of the molecule is COC(=O)c1cc(Cc2ccccc2)sc1NC(=S)Nc1c(C)nn(Cc2cccc3ccccc23)c1C. The van der Waals surface area contributed by atoms with Gasteiger partial charge in [0.2, 0.25) is 0 Å². The van der Waals surface area contributed by atoms with Crippen LogP contribution in [0, 0.1) is 13.8 Å². The van der Waals surface area contributed by atoms with Crippen LogP contribution in [0.2, 0.25) is 0 Å². The number of thiocarbonyl (C=S) groups is 1. The van der Waals surface area contributed by atoms with Gasteiger partial charge in [-0.1, -0.05) is 72.8 Å². The maximum atomic E-state index is 12.5. The van der Waals surface area contributed by atoms with Crippen LogP contribution in [0.3, 0.4) is 0 Å². The average molecular weight is 541 g/mol. The molecular weight excluding hydrogens is 512 g/mol. The predicted molar refractivity (Wildman–Crippen MR) is 160 cm³/mol. The number of nitrogens with zero attached hydrogens (tertiary/aromatic N) is 2. The molecule has 0 spiro atoms. The third-order valence-electron chi connectivity index (χ3n) is 6.46. The zero-order chi connectivity index (χ0) is 26.6. The average Bonchev–Trinajstić information content (AvgIpc) is 3.43. The molecule has 5 rings (SSSR count). The minimum absolute atomic E-state index is 0.388. The van der Waals surface area contributed by atoms with Crippen LogP contribution in [0.25, 0.3) is 10.8 Å². The number of methoxy groups -OCH3 is 1. The number of aromatic nitrogens is 2. The lowest BCUT2D eigenvalue weighted by atomic mass is 10.0. The highest BCUT2D eigenvalue weighted by molar-refractivity contribution is 7.80. The first-order valence-corrected chi connectivity index (χ1v) is 13.5. The van der Waals surface area contributed by atoms with Crippen molar-refractivity contribution in [1.29, 1.82) is 0 Å². The van der Waals surface area contributed by atoms with E-state index in [1.165, 1.54) is 40.3 Å². The van der Waals surface area contributed by atoms with Gasteiger partial charge in [0.15, 0.2) is 5.11 Å². The van der Waals surface area contributed by atoms with Gasteiger partial charge in [-0.15, -0.1) is 11.3 Å². The first-order valence-electron chi connectivity index (χ1n) is 12.3. The minimum Gasteiger partial charge on any atom is -0.465 e. The summed E-state index contributed by atoms with van der Waals surface area (Å²) >= 11 is 7.15. The van der Waals surface area contributed by atoms with E-state index in [4.69, 9.17) is 22.1 Å². The Labute approximate surface area is 231 Å². The summed E-state index contributed by atoms with van der Waals surface area (Å²) in [4.78, 5) is 13.5. The zero-order valence-corrected chi connectivity index (χ0v) is 23.1. The van der Waals surface area contributed by atoms with Gasteiger partial charge >= 0.3 is 5.97 Å². The van der Waals surface area contributed by atoms with Crippen LogP contribution < -0.4 is 10.6 Å². The Morgan fingerprint density at radius 2 is 1.74 bits per heavy atom. The fourth-order valence-electron chi connectivity index (χ4n) is 4.55. The molecule has 0 atom stereocenters. The molecule has 8 heteroatoms. The Morgan fingerprint density at radius 1 is 1.00 bits per heavy atom. The monoisotopic (exact) mass is 540 g/mol. The molecule has 0 bridgehead atoms. The zero-order valence-electron chi connectivity index (χ0n) is 21.4. The van der Waals surface area contributed by atoms with E-state index in [1.54, 1.807) is 0 Å². The Balaban J connectivity index is 1.34. The Hall–Kier alpha value is -4.01. The minimum atomic E-state index is -0.402. The van der Waals surface area contributed by atoms with Crippen LogP contribution in [0.5, 0.6) is 0 Å². The summed E-state index contributed by atoms with van der Waals surface area (Å²) in [6.07, 6.45) is 0.719. The molecule has 38 heavy (non-hydrogen) atoms. The number of hydrogen-bond acceptors (Lipinski definition) is 5. The lowest BCUT2D eigenvalue weighted by Gasteiger charge is -2.12. The van der Waals surface area contributed by atoms with E-state index < -0.39 is 5.97 Å². The molecule has 0 fully saturated rings. The molecule has 2 heterocycles. The lowest BCUT2D eigenvalue weighted by molar-refractivity contribution is 0.0602. The second-order valence-electron chi connectivity index (χ2n) is 9.03. The number of nitrogens with one attached hydrogen (secondary N) is 2. The number of esters is 1. The van der Waals surface area contributed by atoms with Crippen LogP contribution >= 0.6 is 23.6 Å². The number of thiophene rings is 1. The first kappa shape index (κ1) is 25.6. The normalized spacial score (nSPS) is 10.9. The standard InChI is InChI=1S/C30H28N4O2S2/c1-19-27(20(2)34(33-19)18-23-14-9-13-22-12-7-8-15-25(22)23)31-30(37)32-28-26(29(35)36-3)17-24(38-28)16-21-10-5-4-6-11-21/h4-15,17H,16,18H2,1-3H3,(H2,31,32,37). The van der Waals surface area contributed by atoms with Crippen molar-refractivity contribution in [3.05, 3.63) is 112 Å². The summed E-state index contributed by atoms with van der Waals surface area (Å²) in [5.41, 5.74) is 5.51. The molecule has 0 saturated heterocycles. The quantitative estimate of drug-likeness (QED) is 0.172. The summed E-state index contributed by atoms with van der Waals surface area (Å²) in [7, 11) is 1.38. The lowest BCUT2D eigenvalue weighted by Crippen LogP contribution is -2.20. The molecule has 2 N–H and O–H groups in total. The molecule has 0 aliphatic carbocycles. The Kier molecular flexibility index (Phi) is 7.53. The fourth-order valence-corrected chi connectivity index (χ4v) is 5.90. The smallest absolute Gasteiger partial charge is 0.340 e. The summed E-state index contributed by atoms with van der Waals surface area (Å²) in [5, 5.41) is 14.8. The van der Waals surface area contributed by atoms with Gasteiger partial charge in [0, 0.05) is 11.3 Å². The van der Waals surface area contributed by atoms with Crippen molar-refractivity contribution < 1.29 is 9.53 Å². The molecule has 0 aliphatic rings. The summed E-state index contributed by atoms with van der Waals surface area (Å²) < 4.78 is 7.01. The van der Waals surface area contributed by atoms with E-state index in [1.807, 2.05) is 42.8 Å². The van der Waals surface area contributed by atoms with Gasteiger partial charge in [0.25, 0.3) is 0 Å². The maximum absolute atomic E-state index is 12.5. The molecule has 2 aromatic heterocycles. The molecule has 0 aliphatic heterocycles. The number of carbonyl (C=O) groups excluding carboxylic acids is 1. The van der Waals surface area contributed by atoms with Gasteiger partial charge in [0.1, 0.15) is 5.00 Å². The topological polar surface area (TPSA) is 68.2 Å². The number of aryl methyl sites for hydroxylation is 1. The third-order valence-corrected chi connectivity index (χ3v) is 7.71. The third kappa shape index (κ3) is 5.46. The van der Waals surface area contributed by atoms with Crippen molar-refractivity contribution in [2.45, 2.75) is 26.8 Å². The Bertz CT molecular complexity index is 1620. The maximum Gasteiger partial charge on any atom is 0.340 e. The number of hydrogen-bond donors (Lipinski definition) is 2. The van der Waals surface area contributed by atoms with Crippen molar-refractivity contribution in [3.63, 3.8) is 0 Å². The van der Waals surface area contributed by atoms with E-state index in [-0.39, 0.29) is 0 Å². The van der Waals surface area contributed by atoms with Crippen LogP contribution in [-0.4, -0.2) is 28.0 Å². The van der Waals surface area contributed by atoms with Crippen LogP contribution in [-0.2, 0) is 17.7 Å². The van der Waals surface area contributed by atoms with Gasteiger partial charge in [-0.2, -0.15) is 5.10 Å². The van der Waals surface area contributed by atoms with E-state index in [0.717, 1.165) is 28.4 Å². The molecule has 0 saturated carbocycles. The van der Waals surface area contributed by atoms with Crippen molar-refractivity contribution in [3.8, 4) is 0 Å². The van der Waals surface area contributed by atoms with Gasteiger partial charge in [-0.05, 0) is 54.0 Å². The van der Waals surface area contributed by atoms with Crippen LogP contribution in [0.4, 0.5) is 10.7 Å². The van der Waals surface area contributed by atoms with Crippen molar-refractivity contribution in [2.75, 3.05) is 17.7 Å². The number of ether oxygens (including phenoxy) is 1. The van der Waals surface area contributed by atoms with Crippen molar-refractivity contribution in [2.24, 2.45) is 0 Å². The molecule has 6 nitrogen and oxygen atoms in total. The second-order valence-corrected chi connectivity index (χ2v) is 10.6. The number of benzene rings is 3. The largest absolute Gasteiger partial charge is 0.465 e. The fraction of sp³-hybridized carbons (Fsp3) is 0.167. The highest BCUT2D eigenvalue weighted by Crippen LogP contribution is 2.31. The van der Waals surface area contributed by atoms with E-state index >= 15 is 0 Å². The van der Waals surface area contributed by atoms with Crippen LogP contribution in [0.1, 0.15) is 37.7 Å². The molecule has 0 unspecified atom stereocenters. The predicted octanol–water partition coefficient (Wildman–Crippen LogP) is 6.95. The van der Waals surface area contributed by atoms with Gasteiger partial charge < -0.3 is 15.4 Å². The van der Waals surface area contributed by atoms with Gasteiger partial charge in [0.05, 0.1) is 36.3 Å². The molecular formula is C30H28N4O2S2. The number of carbonyl (C=O) groups is 1. The van der Waals surface area contributed by atoms with Crippen LogP contribution in [0.15, 0.2) is 78.9 Å². The van der Waals surface area contributed by atoms with E-state index in [9.17, 15) is 4.79 Å². The van der Waals surface area contributed by atoms with Crippen molar-refractivity contribution >= 4 is 56.1 Å². The van der Waals surface area contributed by atoms with E-state index in [2.05, 4.69) is 65.2 Å². The van der Waals surface area contributed by atoms with Gasteiger partial charge in [-0.25, -0.2) is 4.79 Å². The highest BCUT2D eigenvalue weighted by Gasteiger charge is 2.19. The number of fused-ring (bicyclic) bond motifs is 1. The highest BCUT2D eigenvalue weighted by atomic mass is 32.1. The molecule has 3 aromatic carbocycles. The molecule has 192 valence electrons.